The Kier molecular flexibility index (Phi) is 2.13. The number of carbonyl (C=O) groups excluding carboxylic acids is 1. The number of alkyl halides is 1. The molecule has 3 aliphatic heterocycles. The Labute approximate surface area is 104 Å². The topological polar surface area (TPSA) is 38.7 Å². The first-order valence-electron chi connectivity index (χ1n) is 5.66. The van der Waals surface area contributed by atoms with Crippen LogP contribution >= 0.6 is 23.2 Å². The van der Waals surface area contributed by atoms with Crippen LogP contribution in [0.1, 0.15) is 32.6 Å². The van der Waals surface area contributed by atoms with Gasteiger partial charge < -0.3 is 4.74 Å². The SMILES string of the molecule is C[C@]12OC(=O)[C@](Cl)(N=C1Cl)[C@H]1CCCC[C@H]12. The van der Waals surface area contributed by atoms with Crippen molar-refractivity contribution in [3.8, 4) is 0 Å². The summed E-state index contributed by atoms with van der Waals surface area (Å²) < 4.78 is 5.42. The normalized spacial score (nSPS) is 50.7. The van der Waals surface area contributed by atoms with Gasteiger partial charge in [-0.1, -0.05) is 36.0 Å². The van der Waals surface area contributed by atoms with Gasteiger partial charge in [-0.05, 0) is 19.8 Å². The predicted molar refractivity (Wildman–Crippen MR) is 61.8 cm³/mol. The van der Waals surface area contributed by atoms with Crippen molar-refractivity contribution in [2.75, 3.05) is 0 Å². The summed E-state index contributed by atoms with van der Waals surface area (Å²) in [5, 5.41) is 0.352. The zero-order valence-corrected chi connectivity index (χ0v) is 10.5. The van der Waals surface area contributed by atoms with E-state index in [-0.39, 0.29) is 11.8 Å². The third kappa shape index (κ3) is 1.11. The number of carbonyl (C=O) groups is 1. The lowest BCUT2D eigenvalue weighted by Crippen LogP contribution is -2.66. The molecule has 3 heterocycles. The molecule has 0 unspecified atom stereocenters. The van der Waals surface area contributed by atoms with Crippen molar-refractivity contribution in [3.63, 3.8) is 0 Å². The first-order valence-corrected chi connectivity index (χ1v) is 6.42. The van der Waals surface area contributed by atoms with Crippen LogP contribution in [0.3, 0.4) is 0 Å². The van der Waals surface area contributed by atoms with Gasteiger partial charge in [0.15, 0.2) is 5.60 Å². The molecule has 1 saturated heterocycles. The number of ether oxygens (including phenoxy) is 1. The molecule has 0 spiro atoms. The van der Waals surface area contributed by atoms with Crippen LogP contribution in [0.2, 0.25) is 0 Å². The van der Waals surface area contributed by atoms with E-state index in [2.05, 4.69) is 4.99 Å². The molecule has 88 valence electrons. The summed E-state index contributed by atoms with van der Waals surface area (Å²) in [4.78, 5) is 14.8. The number of fused-ring (bicyclic) bond motifs is 1. The Morgan fingerprint density at radius 3 is 2.69 bits per heavy atom. The van der Waals surface area contributed by atoms with Crippen LogP contribution in [-0.4, -0.2) is 21.7 Å². The standard InChI is InChI=1S/C11H13Cl2NO2/c1-10-6-4-2-3-5-7(6)11(13,9(15)16-10)14-8(10)12/h6-7H,2-5H2,1H3/t6-,7+,10-,11-/m1/s1. The molecule has 3 nitrogen and oxygen atoms in total. The summed E-state index contributed by atoms with van der Waals surface area (Å²) in [5.74, 6) is -0.123. The van der Waals surface area contributed by atoms with Gasteiger partial charge in [0.25, 0.3) is 0 Å². The Hall–Kier alpha value is -0.280. The number of halogens is 2. The molecular weight excluding hydrogens is 249 g/mol. The zero-order chi connectivity index (χ0) is 11.6. The Bertz CT molecular complexity index is 397. The van der Waals surface area contributed by atoms with Gasteiger partial charge in [0.1, 0.15) is 5.17 Å². The molecule has 1 aliphatic carbocycles. The summed E-state index contributed by atoms with van der Waals surface area (Å²) in [7, 11) is 0. The van der Waals surface area contributed by atoms with Crippen LogP contribution in [-0.2, 0) is 9.53 Å². The Morgan fingerprint density at radius 1 is 1.38 bits per heavy atom. The van der Waals surface area contributed by atoms with E-state index in [0.29, 0.717) is 5.17 Å². The third-order valence-electron chi connectivity index (χ3n) is 4.23. The van der Waals surface area contributed by atoms with E-state index in [1.165, 1.54) is 0 Å². The average molecular weight is 262 g/mol. The van der Waals surface area contributed by atoms with Crippen molar-refractivity contribution in [2.45, 2.75) is 43.2 Å². The smallest absolute Gasteiger partial charge is 0.350 e. The van der Waals surface area contributed by atoms with E-state index >= 15 is 0 Å². The number of hydrogen-bond donors (Lipinski definition) is 0. The van der Waals surface area contributed by atoms with Gasteiger partial charge in [-0.3, -0.25) is 0 Å². The summed E-state index contributed by atoms with van der Waals surface area (Å²) in [5.41, 5.74) is -0.736. The Balaban J connectivity index is 2.15. The lowest BCUT2D eigenvalue weighted by atomic mass is 9.64. The minimum atomic E-state index is -1.25. The summed E-state index contributed by atoms with van der Waals surface area (Å²) >= 11 is 12.4. The molecule has 0 aromatic carbocycles. The molecule has 4 atom stereocenters. The first-order chi connectivity index (χ1) is 7.48. The molecule has 1 saturated carbocycles. The fraction of sp³-hybridized carbons (Fsp3) is 0.818. The second-order valence-electron chi connectivity index (χ2n) is 5.07. The molecule has 5 heteroatoms. The maximum atomic E-state index is 11.9. The third-order valence-corrected chi connectivity index (χ3v) is 5.21. The minimum absolute atomic E-state index is 0.0802. The highest BCUT2D eigenvalue weighted by Crippen LogP contribution is 2.56. The highest BCUT2D eigenvalue weighted by molar-refractivity contribution is 6.68. The van der Waals surface area contributed by atoms with E-state index in [1.807, 2.05) is 6.92 Å². The van der Waals surface area contributed by atoms with Crippen molar-refractivity contribution in [3.05, 3.63) is 0 Å². The molecule has 0 aromatic rings. The van der Waals surface area contributed by atoms with E-state index in [0.717, 1.165) is 25.7 Å². The molecule has 0 aromatic heterocycles. The molecule has 0 amide bonds. The quantitative estimate of drug-likeness (QED) is 0.382. The van der Waals surface area contributed by atoms with Crippen molar-refractivity contribution in [2.24, 2.45) is 16.8 Å². The highest BCUT2D eigenvalue weighted by atomic mass is 35.5. The van der Waals surface area contributed by atoms with Gasteiger partial charge in [-0.15, -0.1) is 0 Å². The summed E-state index contributed by atoms with van der Waals surface area (Å²) in [6.07, 6.45) is 4.19. The van der Waals surface area contributed by atoms with Gasteiger partial charge in [0, 0.05) is 11.8 Å². The monoisotopic (exact) mass is 261 g/mol. The minimum Gasteiger partial charge on any atom is -0.449 e. The van der Waals surface area contributed by atoms with Crippen molar-refractivity contribution >= 4 is 34.3 Å². The number of hydrogen-bond acceptors (Lipinski definition) is 3. The molecule has 0 radical (unpaired) electrons. The van der Waals surface area contributed by atoms with Gasteiger partial charge in [0.2, 0.25) is 5.00 Å². The highest BCUT2D eigenvalue weighted by Gasteiger charge is 2.66. The van der Waals surface area contributed by atoms with Gasteiger partial charge in [0.05, 0.1) is 0 Å². The van der Waals surface area contributed by atoms with Crippen molar-refractivity contribution in [1.29, 1.82) is 0 Å². The van der Waals surface area contributed by atoms with E-state index in [1.54, 1.807) is 0 Å². The maximum Gasteiger partial charge on any atom is 0.350 e. The molecule has 16 heavy (non-hydrogen) atoms. The zero-order valence-electron chi connectivity index (χ0n) is 9.00. The maximum absolute atomic E-state index is 11.9. The van der Waals surface area contributed by atoms with Gasteiger partial charge in [-0.25, -0.2) is 9.79 Å². The van der Waals surface area contributed by atoms with Crippen LogP contribution in [0.15, 0.2) is 4.99 Å². The van der Waals surface area contributed by atoms with Crippen LogP contribution in [0, 0.1) is 11.8 Å². The van der Waals surface area contributed by atoms with E-state index in [9.17, 15) is 4.79 Å². The molecule has 4 rings (SSSR count). The van der Waals surface area contributed by atoms with Crippen LogP contribution < -0.4 is 0 Å². The number of rotatable bonds is 0. The first kappa shape index (κ1) is 10.8. The van der Waals surface area contributed by atoms with E-state index < -0.39 is 16.6 Å². The molecule has 4 aliphatic rings. The molecule has 0 N–H and O–H groups in total. The molecule has 2 fully saturated rings. The van der Waals surface area contributed by atoms with Crippen molar-refractivity contribution in [1.82, 2.24) is 0 Å². The number of nitrogens with zero attached hydrogens (tertiary/aromatic N) is 1. The average Bonchev–Trinajstić information content (AvgIpc) is 2.25. The lowest BCUT2D eigenvalue weighted by Gasteiger charge is -2.55. The number of aliphatic imine (C=N–C) groups is 1. The summed E-state index contributed by atoms with van der Waals surface area (Å²) in [6, 6.07) is 0. The largest absolute Gasteiger partial charge is 0.449 e. The fourth-order valence-electron chi connectivity index (χ4n) is 3.32. The molecular formula is C11H13Cl2NO2. The second-order valence-corrected chi connectivity index (χ2v) is 6.00. The Morgan fingerprint density at radius 2 is 2.00 bits per heavy atom. The van der Waals surface area contributed by atoms with Crippen molar-refractivity contribution < 1.29 is 9.53 Å². The lowest BCUT2D eigenvalue weighted by molar-refractivity contribution is -0.182. The van der Waals surface area contributed by atoms with Crippen LogP contribution in [0.5, 0.6) is 0 Å². The van der Waals surface area contributed by atoms with Gasteiger partial charge >= 0.3 is 5.97 Å². The number of esters is 1. The molecule has 2 bridgehead atoms. The summed E-state index contributed by atoms with van der Waals surface area (Å²) in [6.45, 7) is 1.86. The van der Waals surface area contributed by atoms with Gasteiger partial charge in [-0.2, -0.15) is 0 Å². The van der Waals surface area contributed by atoms with Crippen LogP contribution in [0.25, 0.3) is 0 Å². The van der Waals surface area contributed by atoms with E-state index in [4.69, 9.17) is 27.9 Å². The second kappa shape index (κ2) is 3.14. The fourth-order valence-corrected chi connectivity index (χ4v) is 4.06. The van der Waals surface area contributed by atoms with Crippen LogP contribution in [0.4, 0.5) is 0 Å². The predicted octanol–water partition coefficient (Wildman–Crippen LogP) is 2.69.